The van der Waals surface area contributed by atoms with Gasteiger partial charge >= 0.3 is 0 Å². The van der Waals surface area contributed by atoms with E-state index in [1.807, 2.05) is 6.92 Å². The van der Waals surface area contributed by atoms with E-state index in [0.717, 1.165) is 6.42 Å². The number of aliphatic hydroxyl groups is 1. The zero-order chi connectivity index (χ0) is 5.49. The number of hydrogen-bond acceptors (Lipinski definition) is 2. The molecule has 1 saturated carbocycles. The van der Waals surface area contributed by atoms with Gasteiger partial charge in [-0.3, -0.25) is 0 Å². The highest BCUT2D eigenvalue weighted by Crippen LogP contribution is 2.42. The lowest BCUT2D eigenvalue weighted by molar-refractivity contribution is 0.220. The standard InChI is InChI=1S/C5H11NO/c1-5(3-7)2-4(5)6/h4,7H,2-3,6H2,1H3. The van der Waals surface area contributed by atoms with Gasteiger partial charge in [-0.2, -0.15) is 0 Å². The lowest BCUT2D eigenvalue weighted by atomic mass is 10.1. The molecule has 0 heterocycles. The Kier molecular flexibility index (Phi) is 0.869. The maximum atomic E-state index is 8.56. The van der Waals surface area contributed by atoms with Gasteiger partial charge in [0.2, 0.25) is 0 Å². The molecule has 0 amide bonds. The molecule has 0 aromatic heterocycles. The fourth-order valence-corrected chi connectivity index (χ4v) is 0.625. The average molecular weight is 101 g/mol. The maximum absolute atomic E-state index is 8.56. The highest BCUT2D eigenvalue weighted by molar-refractivity contribution is 5.01. The minimum atomic E-state index is 0.0833. The van der Waals surface area contributed by atoms with E-state index in [-0.39, 0.29) is 18.1 Å². The van der Waals surface area contributed by atoms with Crippen LogP contribution in [-0.2, 0) is 0 Å². The van der Waals surface area contributed by atoms with Gasteiger partial charge in [0.25, 0.3) is 0 Å². The Morgan fingerprint density at radius 1 is 2.00 bits per heavy atom. The van der Waals surface area contributed by atoms with Crippen molar-refractivity contribution in [1.29, 1.82) is 0 Å². The second-order valence-electron chi connectivity index (χ2n) is 2.62. The van der Waals surface area contributed by atoms with E-state index in [1.54, 1.807) is 0 Å². The molecule has 0 aromatic rings. The molecule has 0 aliphatic heterocycles. The SMILES string of the molecule is CC1(CO)CC1N. The van der Waals surface area contributed by atoms with Gasteiger partial charge in [0.1, 0.15) is 0 Å². The normalized spacial score (nSPS) is 49.3. The van der Waals surface area contributed by atoms with E-state index in [1.165, 1.54) is 0 Å². The summed E-state index contributed by atoms with van der Waals surface area (Å²) in [6.07, 6.45) is 0.990. The molecule has 42 valence electrons. The van der Waals surface area contributed by atoms with Gasteiger partial charge in [0.05, 0.1) is 0 Å². The Balaban J connectivity index is 2.36. The molecule has 2 heteroatoms. The smallest absolute Gasteiger partial charge is 0.0500 e. The Labute approximate surface area is 43.3 Å². The minimum Gasteiger partial charge on any atom is -0.396 e. The molecule has 0 radical (unpaired) electrons. The second-order valence-corrected chi connectivity index (χ2v) is 2.62. The Morgan fingerprint density at radius 3 is 2.43 bits per heavy atom. The molecular weight excluding hydrogens is 90.1 g/mol. The molecular formula is C5H11NO. The van der Waals surface area contributed by atoms with Gasteiger partial charge in [-0.25, -0.2) is 0 Å². The summed E-state index contributed by atoms with van der Waals surface area (Å²) >= 11 is 0. The molecule has 2 nitrogen and oxygen atoms in total. The lowest BCUT2D eigenvalue weighted by Gasteiger charge is -1.99. The highest BCUT2D eigenvalue weighted by Gasteiger charge is 2.46. The van der Waals surface area contributed by atoms with Crippen molar-refractivity contribution in [3.8, 4) is 0 Å². The molecule has 0 aromatic carbocycles. The van der Waals surface area contributed by atoms with Crippen molar-refractivity contribution in [2.45, 2.75) is 19.4 Å². The summed E-state index contributed by atoms with van der Waals surface area (Å²) in [5.74, 6) is 0. The first kappa shape index (κ1) is 5.06. The van der Waals surface area contributed by atoms with Crippen LogP contribution in [0.25, 0.3) is 0 Å². The van der Waals surface area contributed by atoms with E-state index >= 15 is 0 Å². The summed E-state index contributed by atoms with van der Waals surface area (Å²) in [5.41, 5.74) is 5.53. The minimum absolute atomic E-state index is 0.0833. The van der Waals surface area contributed by atoms with Crippen molar-refractivity contribution in [3.05, 3.63) is 0 Å². The first-order valence-corrected chi connectivity index (χ1v) is 2.55. The van der Waals surface area contributed by atoms with Gasteiger partial charge in [-0.15, -0.1) is 0 Å². The summed E-state index contributed by atoms with van der Waals surface area (Å²) < 4.78 is 0. The third-order valence-corrected chi connectivity index (χ3v) is 1.78. The van der Waals surface area contributed by atoms with E-state index in [0.29, 0.717) is 0 Å². The van der Waals surface area contributed by atoms with Crippen LogP contribution in [0.3, 0.4) is 0 Å². The quantitative estimate of drug-likeness (QED) is 0.477. The molecule has 0 saturated heterocycles. The van der Waals surface area contributed by atoms with Crippen molar-refractivity contribution in [2.24, 2.45) is 11.1 Å². The van der Waals surface area contributed by atoms with Crippen LogP contribution in [0, 0.1) is 5.41 Å². The first-order chi connectivity index (χ1) is 3.19. The fourth-order valence-electron chi connectivity index (χ4n) is 0.625. The van der Waals surface area contributed by atoms with E-state index in [2.05, 4.69) is 0 Å². The van der Waals surface area contributed by atoms with Crippen molar-refractivity contribution < 1.29 is 5.11 Å². The molecule has 1 aliphatic carbocycles. The third kappa shape index (κ3) is 0.640. The second kappa shape index (κ2) is 1.20. The van der Waals surface area contributed by atoms with Crippen LogP contribution in [0.5, 0.6) is 0 Å². The lowest BCUT2D eigenvalue weighted by Crippen LogP contribution is -2.13. The highest BCUT2D eigenvalue weighted by atomic mass is 16.3. The van der Waals surface area contributed by atoms with Crippen LogP contribution in [0.1, 0.15) is 13.3 Å². The average Bonchev–Trinajstić information content (AvgIpc) is 2.18. The van der Waals surface area contributed by atoms with Crippen molar-refractivity contribution in [1.82, 2.24) is 0 Å². The van der Waals surface area contributed by atoms with Crippen LogP contribution in [0.15, 0.2) is 0 Å². The van der Waals surface area contributed by atoms with Crippen molar-refractivity contribution in [2.75, 3.05) is 6.61 Å². The molecule has 7 heavy (non-hydrogen) atoms. The molecule has 2 unspecified atom stereocenters. The number of hydrogen-bond donors (Lipinski definition) is 2. The van der Waals surface area contributed by atoms with Gasteiger partial charge in [-0.1, -0.05) is 6.92 Å². The van der Waals surface area contributed by atoms with Gasteiger partial charge in [0, 0.05) is 18.1 Å². The first-order valence-electron chi connectivity index (χ1n) is 2.55. The summed E-state index contributed by atoms with van der Waals surface area (Å²) in [5, 5.41) is 8.56. The van der Waals surface area contributed by atoms with Crippen LogP contribution >= 0.6 is 0 Å². The Hall–Kier alpha value is -0.0800. The topological polar surface area (TPSA) is 46.2 Å². The van der Waals surface area contributed by atoms with E-state index in [9.17, 15) is 0 Å². The predicted octanol–water partition coefficient (Wildman–Crippen LogP) is -0.284. The Morgan fingerprint density at radius 2 is 2.43 bits per heavy atom. The monoisotopic (exact) mass is 101 g/mol. The molecule has 1 aliphatic rings. The van der Waals surface area contributed by atoms with Crippen LogP contribution in [0.4, 0.5) is 0 Å². The molecule has 3 N–H and O–H groups in total. The molecule has 0 bridgehead atoms. The summed E-state index contributed by atoms with van der Waals surface area (Å²) in [6.45, 7) is 2.24. The summed E-state index contributed by atoms with van der Waals surface area (Å²) in [7, 11) is 0. The molecule has 0 spiro atoms. The summed E-state index contributed by atoms with van der Waals surface area (Å²) in [6, 6.07) is 0.262. The van der Waals surface area contributed by atoms with Gasteiger partial charge in [-0.05, 0) is 6.42 Å². The fraction of sp³-hybridized carbons (Fsp3) is 1.00. The molecule has 2 atom stereocenters. The zero-order valence-electron chi connectivity index (χ0n) is 4.52. The van der Waals surface area contributed by atoms with Crippen molar-refractivity contribution in [3.63, 3.8) is 0 Å². The van der Waals surface area contributed by atoms with Crippen LogP contribution in [-0.4, -0.2) is 17.8 Å². The number of aliphatic hydroxyl groups excluding tert-OH is 1. The third-order valence-electron chi connectivity index (χ3n) is 1.78. The maximum Gasteiger partial charge on any atom is 0.0500 e. The number of rotatable bonds is 1. The largest absolute Gasteiger partial charge is 0.396 e. The van der Waals surface area contributed by atoms with E-state index in [4.69, 9.17) is 10.8 Å². The van der Waals surface area contributed by atoms with Gasteiger partial charge < -0.3 is 10.8 Å². The van der Waals surface area contributed by atoms with E-state index < -0.39 is 0 Å². The summed E-state index contributed by atoms with van der Waals surface area (Å²) in [4.78, 5) is 0. The molecule has 1 rings (SSSR count). The van der Waals surface area contributed by atoms with Crippen LogP contribution < -0.4 is 5.73 Å². The molecule has 1 fully saturated rings. The Bertz CT molecular complexity index is 80.1. The predicted molar refractivity (Wildman–Crippen MR) is 27.8 cm³/mol. The van der Waals surface area contributed by atoms with Gasteiger partial charge in [0.15, 0.2) is 0 Å². The van der Waals surface area contributed by atoms with Crippen molar-refractivity contribution >= 4 is 0 Å². The number of nitrogens with two attached hydrogens (primary N) is 1. The zero-order valence-corrected chi connectivity index (χ0v) is 4.52. The van der Waals surface area contributed by atoms with Crippen LogP contribution in [0.2, 0.25) is 0 Å².